The van der Waals surface area contributed by atoms with Crippen molar-refractivity contribution < 1.29 is 9.53 Å². The smallest absolute Gasteiger partial charge is 0.337 e. The molecule has 0 amide bonds. The second kappa shape index (κ2) is 9.63. The number of methoxy groups -OCH3 is 1. The fourth-order valence-corrected chi connectivity index (χ4v) is 8.09. The molecule has 4 bridgehead atoms. The fraction of sp³-hybridized carbons (Fsp3) is 0.455. The van der Waals surface area contributed by atoms with Crippen molar-refractivity contribution in [3.8, 4) is 11.4 Å². The molecule has 192 valence electrons. The molecule has 0 spiro atoms. The molecule has 7 rings (SSSR count). The van der Waals surface area contributed by atoms with Gasteiger partial charge < -0.3 is 9.30 Å². The van der Waals surface area contributed by atoms with Crippen LogP contribution < -0.4 is 0 Å². The van der Waals surface area contributed by atoms with Gasteiger partial charge in [0.15, 0.2) is 0 Å². The van der Waals surface area contributed by atoms with Crippen molar-refractivity contribution in [3.63, 3.8) is 0 Å². The molecule has 1 aromatic heterocycles. The van der Waals surface area contributed by atoms with Crippen LogP contribution in [0.25, 0.3) is 23.5 Å². The lowest BCUT2D eigenvalue weighted by Gasteiger charge is -2.57. The average Bonchev–Trinajstić information content (AvgIpc) is 3.20. The van der Waals surface area contributed by atoms with Gasteiger partial charge in [0.25, 0.3) is 0 Å². The molecule has 4 heteroatoms. The van der Waals surface area contributed by atoms with E-state index < -0.39 is 0 Å². The molecule has 0 N–H and O–H groups in total. The van der Waals surface area contributed by atoms with Crippen LogP contribution in [0.3, 0.4) is 0 Å². The van der Waals surface area contributed by atoms with Crippen LogP contribution in [0.5, 0.6) is 0 Å². The maximum atomic E-state index is 12.0. The molecule has 3 aromatic rings. The quantitative estimate of drug-likeness (QED) is 0.319. The lowest BCUT2D eigenvalue weighted by Crippen LogP contribution is -2.46. The van der Waals surface area contributed by atoms with E-state index in [1.165, 1.54) is 68.9 Å². The van der Waals surface area contributed by atoms with Crippen molar-refractivity contribution in [2.24, 2.45) is 30.2 Å². The highest BCUT2D eigenvalue weighted by molar-refractivity contribution is 5.90. The van der Waals surface area contributed by atoms with Gasteiger partial charge in [0, 0.05) is 18.3 Å². The molecule has 37 heavy (non-hydrogen) atoms. The van der Waals surface area contributed by atoms with Crippen molar-refractivity contribution in [2.45, 2.75) is 58.3 Å². The summed E-state index contributed by atoms with van der Waals surface area (Å²) in [6, 6.07) is 16.1. The number of carbonyl (C=O) groups is 1. The van der Waals surface area contributed by atoms with E-state index in [9.17, 15) is 4.79 Å². The first-order valence-corrected chi connectivity index (χ1v) is 13.9. The second-order valence-corrected chi connectivity index (χ2v) is 12.0. The standard InChI is InChI=1S/C33H38N2O2/c1-22-7-4-5-10-28(22)31-34-29(12-11-23-8-6-9-27(18-23)32(36)37-3)30(35(31)2)13-14-33-19-24-15-25(20-33)17-26(16-24)21-33/h4-12,18,24-26H,13-17,19-21H2,1-3H3. The number of benzene rings is 2. The van der Waals surface area contributed by atoms with Crippen molar-refractivity contribution >= 4 is 18.1 Å². The molecule has 4 aliphatic carbocycles. The predicted molar refractivity (Wildman–Crippen MR) is 149 cm³/mol. The SMILES string of the molecule is COC(=O)c1cccc(C=Cc2nc(-c3ccccc3C)n(C)c2CCC23CC4CC(CC(C4)C2)C3)c1. The molecule has 0 unspecified atom stereocenters. The van der Waals surface area contributed by atoms with E-state index in [1.54, 1.807) is 6.07 Å². The number of carbonyl (C=O) groups excluding carboxylic acids is 1. The average molecular weight is 495 g/mol. The summed E-state index contributed by atoms with van der Waals surface area (Å²) in [4.78, 5) is 17.2. The van der Waals surface area contributed by atoms with Crippen LogP contribution in [0.15, 0.2) is 48.5 Å². The number of aromatic nitrogens is 2. The van der Waals surface area contributed by atoms with Crippen LogP contribution in [0.1, 0.15) is 77.8 Å². The third-order valence-corrected chi connectivity index (χ3v) is 9.43. The van der Waals surface area contributed by atoms with Crippen molar-refractivity contribution in [1.82, 2.24) is 9.55 Å². The van der Waals surface area contributed by atoms with Crippen LogP contribution in [-0.4, -0.2) is 22.6 Å². The molecule has 4 aliphatic rings. The van der Waals surface area contributed by atoms with E-state index in [0.29, 0.717) is 11.0 Å². The molecule has 4 fully saturated rings. The van der Waals surface area contributed by atoms with E-state index >= 15 is 0 Å². The van der Waals surface area contributed by atoms with Gasteiger partial charge in [0.2, 0.25) is 0 Å². The zero-order valence-corrected chi connectivity index (χ0v) is 22.4. The first-order valence-electron chi connectivity index (χ1n) is 13.9. The van der Waals surface area contributed by atoms with Gasteiger partial charge in [0.1, 0.15) is 5.82 Å². The monoisotopic (exact) mass is 494 g/mol. The summed E-state index contributed by atoms with van der Waals surface area (Å²) >= 11 is 0. The summed E-state index contributed by atoms with van der Waals surface area (Å²) < 4.78 is 7.23. The molecular weight excluding hydrogens is 456 g/mol. The number of rotatable bonds is 7. The van der Waals surface area contributed by atoms with Crippen LogP contribution in [-0.2, 0) is 18.2 Å². The largest absolute Gasteiger partial charge is 0.465 e. The Labute approximate surface area is 220 Å². The van der Waals surface area contributed by atoms with Crippen LogP contribution in [0, 0.1) is 30.1 Å². The van der Waals surface area contributed by atoms with Gasteiger partial charge in [-0.25, -0.2) is 9.78 Å². The Morgan fingerprint density at radius 2 is 1.73 bits per heavy atom. The van der Waals surface area contributed by atoms with Gasteiger partial charge in [-0.3, -0.25) is 0 Å². The minimum absolute atomic E-state index is 0.314. The summed E-state index contributed by atoms with van der Waals surface area (Å²) in [6.45, 7) is 2.16. The molecule has 4 nitrogen and oxygen atoms in total. The Bertz CT molecular complexity index is 1310. The van der Waals surface area contributed by atoms with Crippen molar-refractivity contribution in [3.05, 3.63) is 76.6 Å². The van der Waals surface area contributed by atoms with Crippen LogP contribution in [0.2, 0.25) is 0 Å². The van der Waals surface area contributed by atoms with Gasteiger partial charge >= 0.3 is 5.97 Å². The number of nitrogens with zero attached hydrogens (tertiary/aromatic N) is 2. The normalized spacial score (nSPS) is 26.2. The first-order chi connectivity index (χ1) is 17.9. The highest BCUT2D eigenvalue weighted by Gasteiger charge is 2.50. The second-order valence-electron chi connectivity index (χ2n) is 12.0. The molecule has 2 aromatic carbocycles. The van der Waals surface area contributed by atoms with Gasteiger partial charge in [-0.1, -0.05) is 42.5 Å². The zero-order valence-electron chi connectivity index (χ0n) is 22.4. The molecular formula is C33H38N2O2. The van der Waals surface area contributed by atoms with Crippen LogP contribution in [0.4, 0.5) is 0 Å². The van der Waals surface area contributed by atoms with Crippen molar-refractivity contribution in [2.75, 3.05) is 7.11 Å². The van der Waals surface area contributed by atoms with E-state index in [1.807, 2.05) is 18.2 Å². The molecule has 0 radical (unpaired) electrons. The Kier molecular flexibility index (Phi) is 6.30. The number of imidazole rings is 1. The lowest BCUT2D eigenvalue weighted by molar-refractivity contribution is -0.0571. The van der Waals surface area contributed by atoms with Gasteiger partial charge in [-0.05, 0) is 111 Å². The predicted octanol–water partition coefficient (Wildman–Crippen LogP) is 7.50. The summed E-state index contributed by atoms with van der Waals surface area (Å²) in [5, 5.41) is 0. The van der Waals surface area contributed by atoms with E-state index in [0.717, 1.165) is 41.3 Å². The van der Waals surface area contributed by atoms with Gasteiger partial charge in [-0.15, -0.1) is 0 Å². The first kappa shape index (κ1) is 24.2. The number of esters is 1. The minimum atomic E-state index is -0.314. The Balaban J connectivity index is 1.33. The Hall–Kier alpha value is -3.14. The fourth-order valence-electron chi connectivity index (χ4n) is 8.09. The molecule has 4 saturated carbocycles. The third-order valence-electron chi connectivity index (χ3n) is 9.43. The summed E-state index contributed by atoms with van der Waals surface area (Å²) in [5.41, 5.74) is 6.85. The topological polar surface area (TPSA) is 44.1 Å². The molecule has 0 atom stereocenters. The zero-order chi connectivity index (χ0) is 25.6. The van der Waals surface area contributed by atoms with E-state index in [4.69, 9.17) is 9.72 Å². The summed E-state index contributed by atoms with van der Waals surface area (Å²) in [7, 11) is 3.60. The number of ether oxygens (including phenoxy) is 1. The maximum absolute atomic E-state index is 12.0. The van der Waals surface area contributed by atoms with Crippen molar-refractivity contribution in [1.29, 1.82) is 0 Å². The Morgan fingerprint density at radius 1 is 1.03 bits per heavy atom. The van der Waals surface area contributed by atoms with E-state index in [2.05, 4.69) is 55.0 Å². The van der Waals surface area contributed by atoms with E-state index in [-0.39, 0.29) is 5.97 Å². The molecule has 1 heterocycles. The minimum Gasteiger partial charge on any atom is -0.465 e. The summed E-state index contributed by atoms with van der Waals surface area (Å²) in [6.07, 6.45) is 15.3. The van der Waals surface area contributed by atoms with Crippen LogP contribution >= 0.6 is 0 Å². The Morgan fingerprint density at radius 3 is 2.41 bits per heavy atom. The molecule has 0 saturated heterocycles. The van der Waals surface area contributed by atoms with Gasteiger partial charge in [-0.2, -0.15) is 0 Å². The summed E-state index contributed by atoms with van der Waals surface area (Å²) in [5.74, 6) is 3.64. The third kappa shape index (κ3) is 4.67. The maximum Gasteiger partial charge on any atom is 0.337 e. The number of hydrogen-bond donors (Lipinski definition) is 0. The number of hydrogen-bond acceptors (Lipinski definition) is 3. The highest BCUT2D eigenvalue weighted by atomic mass is 16.5. The lowest BCUT2D eigenvalue weighted by atomic mass is 9.48. The van der Waals surface area contributed by atoms with Gasteiger partial charge in [0.05, 0.1) is 18.4 Å². The molecule has 0 aliphatic heterocycles. The highest BCUT2D eigenvalue weighted by Crippen LogP contribution is 2.61. The number of aryl methyl sites for hydroxylation is 1.